The lowest BCUT2D eigenvalue weighted by Crippen LogP contribution is -2.20. The molecule has 1 aromatic rings. The molecule has 3 nitrogen and oxygen atoms in total. The smallest absolute Gasteiger partial charge is 0.106 e. The summed E-state index contributed by atoms with van der Waals surface area (Å²) in [4.78, 5) is 0. The maximum absolute atomic E-state index is 9.74. The number of aryl methyl sites for hydroxylation is 1. The number of halogens is 1. The van der Waals surface area contributed by atoms with Gasteiger partial charge in [0.15, 0.2) is 0 Å². The molecule has 0 heterocycles. The molecule has 1 rings (SSSR count). The molecule has 0 bridgehead atoms. The third kappa shape index (κ3) is 2.92. The molecule has 84 valence electrons. The zero-order chi connectivity index (χ0) is 11.4. The summed E-state index contributed by atoms with van der Waals surface area (Å²) in [5, 5.41) is 28.0. The summed E-state index contributed by atoms with van der Waals surface area (Å²) in [6.45, 7) is 1.79. The summed E-state index contributed by atoms with van der Waals surface area (Å²) in [5.74, 6) is -0.0115. The van der Waals surface area contributed by atoms with Crippen LogP contribution in [-0.2, 0) is 6.61 Å². The average molecular weight is 231 g/mol. The average Bonchev–Trinajstić information content (AvgIpc) is 2.26. The number of rotatable bonds is 4. The van der Waals surface area contributed by atoms with E-state index in [-0.39, 0.29) is 12.5 Å². The summed E-state index contributed by atoms with van der Waals surface area (Å²) in [6.07, 6.45) is -1.94. The molecular weight excluding hydrogens is 216 g/mol. The molecule has 0 saturated heterocycles. The van der Waals surface area contributed by atoms with Crippen molar-refractivity contribution in [3.63, 3.8) is 0 Å². The minimum absolute atomic E-state index is 0.0115. The van der Waals surface area contributed by atoms with Crippen molar-refractivity contribution < 1.29 is 15.3 Å². The zero-order valence-electron chi connectivity index (χ0n) is 8.52. The van der Waals surface area contributed by atoms with Crippen LogP contribution in [0.15, 0.2) is 18.2 Å². The number of aliphatic hydroxyl groups excluding tert-OH is 3. The summed E-state index contributed by atoms with van der Waals surface area (Å²) in [7, 11) is 0. The lowest BCUT2D eigenvalue weighted by molar-refractivity contribution is 0.0323. The number of aliphatic hydroxyl groups is 3. The van der Waals surface area contributed by atoms with Crippen LogP contribution in [0.3, 0.4) is 0 Å². The van der Waals surface area contributed by atoms with E-state index in [0.29, 0.717) is 5.56 Å². The van der Waals surface area contributed by atoms with Gasteiger partial charge in [-0.25, -0.2) is 0 Å². The number of alkyl halides is 1. The van der Waals surface area contributed by atoms with Crippen molar-refractivity contribution in [1.82, 2.24) is 0 Å². The predicted octanol–water partition coefficient (Wildman–Crippen LogP) is 1.12. The van der Waals surface area contributed by atoms with Crippen LogP contribution in [0.1, 0.15) is 22.8 Å². The second kappa shape index (κ2) is 5.47. The van der Waals surface area contributed by atoms with Gasteiger partial charge in [0.2, 0.25) is 0 Å². The van der Waals surface area contributed by atoms with Gasteiger partial charge in [-0.2, -0.15) is 0 Å². The highest BCUT2D eigenvalue weighted by atomic mass is 35.5. The summed E-state index contributed by atoms with van der Waals surface area (Å²) in [6, 6.07) is 5.19. The van der Waals surface area contributed by atoms with Crippen LogP contribution in [0.5, 0.6) is 0 Å². The zero-order valence-corrected chi connectivity index (χ0v) is 9.28. The maximum atomic E-state index is 9.74. The molecule has 0 saturated carbocycles. The highest BCUT2D eigenvalue weighted by Crippen LogP contribution is 2.22. The topological polar surface area (TPSA) is 60.7 Å². The predicted molar refractivity (Wildman–Crippen MR) is 58.8 cm³/mol. The van der Waals surface area contributed by atoms with Gasteiger partial charge in [-0.05, 0) is 23.6 Å². The molecule has 0 aliphatic carbocycles. The minimum Gasteiger partial charge on any atom is -0.392 e. The van der Waals surface area contributed by atoms with Gasteiger partial charge in [-0.15, -0.1) is 11.6 Å². The first-order valence-electron chi connectivity index (χ1n) is 4.72. The molecule has 0 radical (unpaired) electrons. The third-order valence-electron chi connectivity index (χ3n) is 2.36. The largest absolute Gasteiger partial charge is 0.392 e. The van der Waals surface area contributed by atoms with Crippen LogP contribution in [0.2, 0.25) is 0 Å². The van der Waals surface area contributed by atoms with Gasteiger partial charge in [0.05, 0.1) is 18.6 Å². The van der Waals surface area contributed by atoms with Gasteiger partial charge in [0, 0.05) is 0 Å². The third-order valence-corrected chi connectivity index (χ3v) is 2.67. The lowest BCUT2D eigenvalue weighted by atomic mass is 9.98. The van der Waals surface area contributed by atoms with Crippen molar-refractivity contribution >= 4 is 11.6 Å². The van der Waals surface area contributed by atoms with Crippen molar-refractivity contribution in [1.29, 1.82) is 0 Å². The Morgan fingerprint density at radius 2 is 2.00 bits per heavy atom. The van der Waals surface area contributed by atoms with Gasteiger partial charge in [-0.1, -0.05) is 18.2 Å². The van der Waals surface area contributed by atoms with E-state index in [9.17, 15) is 10.2 Å². The van der Waals surface area contributed by atoms with E-state index in [1.807, 2.05) is 6.92 Å². The maximum Gasteiger partial charge on any atom is 0.106 e. The second-order valence-electron chi connectivity index (χ2n) is 3.52. The van der Waals surface area contributed by atoms with E-state index >= 15 is 0 Å². The van der Waals surface area contributed by atoms with Crippen LogP contribution in [0, 0.1) is 6.92 Å². The van der Waals surface area contributed by atoms with E-state index in [1.165, 1.54) is 0 Å². The van der Waals surface area contributed by atoms with Crippen molar-refractivity contribution in [3.05, 3.63) is 34.9 Å². The summed E-state index contributed by atoms with van der Waals surface area (Å²) < 4.78 is 0. The molecule has 0 aliphatic heterocycles. The van der Waals surface area contributed by atoms with Gasteiger partial charge >= 0.3 is 0 Å². The van der Waals surface area contributed by atoms with Crippen LogP contribution < -0.4 is 0 Å². The highest BCUT2D eigenvalue weighted by molar-refractivity contribution is 6.18. The van der Waals surface area contributed by atoms with Crippen LogP contribution >= 0.6 is 11.6 Å². The standard InChI is InChI=1S/C11H15ClO3/c1-7-4-8(6-13)2-3-9(7)11(15)10(14)5-12/h2-4,10-11,13-15H,5-6H2,1H3. The van der Waals surface area contributed by atoms with Gasteiger partial charge < -0.3 is 15.3 Å². The Morgan fingerprint density at radius 1 is 1.33 bits per heavy atom. The first-order valence-corrected chi connectivity index (χ1v) is 5.26. The van der Waals surface area contributed by atoms with E-state index in [1.54, 1.807) is 18.2 Å². The molecule has 4 heteroatoms. The molecule has 0 aromatic heterocycles. The molecule has 3 N–H and O–H groups in total. The molecule has 2 unspecified atom stereocenters. The number of hydrogen-bond donors (Lipinski definition) is 3. The highest BCUT2D eigenvalue weighted by Gasteiger charge is 2.18. The Kier molecular flexibility index (Phi) is 4.54. The monoisotopic (exact) mass is 230 g/mol. The summed E-state index contributed by atoms with van der Waals surface area (Å²) in [5.41, 5.74) is 2.25. The van der Waals surface area contributed by atoms with Gasteiger partial charge in [0.1, 0.15) is 6.10 Å². The summed E-state index contributed by atoms with van der Waals surface area (Å²) >= 11 is 5.46. The van der Waals surface area contributed by atoms with Gasteiger partial charge in [-0.3, -0.25) is 0 Å². The van der Waals surface area contributed by atoms with E-state index in [2.05, 4.69) is 0 Å². The molecule has 0 fully saturated rings. The van der Waals surface area contributed by atoms with Crippen molar-refractivity contribution in [2.45, 2.75) is 25.7 Å². The van der Waals surface area contributed by atoms with Crippen molar-refractivity contribution in [2.75, 3.05) is 5.88 Å². The molecule has 0 amide bonds. The normalized spacial score (nSPS) is 15.0. The Morgan fingerprint density at radius 3 is 2.47 bits per heavy atom. The fourth-order valence-electron chi connectivity index (χ4n) is 1.46. The molecule has 0 spiro atoms. The molecule has 2 atom stereocenters. The van der Waals surface area contributed by atoms with E-state index in [4.69, 9.17) is 16.7 Å². The fraction of sp³-hybridized carbons (Fsp3) is 0.455. The van der Waals surface area contributed by atoms with Crippen LogP contribution in [0.25, 0.3) is 0 Å². The molecular formula is C11H15ClO3. The number of benzene rings is 1. The Bertz CT molecular complexity index is 328. The minimum atomic E-state index is -0.977. The van der Waals surface area contributed by atoms with E-state index < -0.39 is 12.2 Å². The second-order valence-corrected chi connectivity index (χ2v) is 3.82. The van der Waals surface area contributed by atoms with Crippen LogP contribution in [-0.4, -0.2) is 27.3 Å². The molecule has 0 aliphatic rings. The van der Waals surface area contributed by atoms with Gasteiger partial charge in [0.25, 0.3) is 0 Å². The molecule has 15 heavy (non-hydrogen) atoms. The Labute approximate surface area is 93.9 Å². The van der Waals surface area contributed by atoms with Crippen LogP contribution in [0.4, 0.5) is 0 Å². The quantitative estimate of drug-likeness (QED) is 0.680. The van der Waals surface area contributed by atoms with Crippen molar-refractivity contribution in [2.24, 2.45) is 0 Å². The Balaban J connectivity index is 2.95. The first kappa shape index (κ1) is 12.5. The van der Waals surface area contributed by atoms with Crippen molar-refractivity contribution in [3.8, 4) is 0 Å². The number of hydrogen-bond acceptors (Lipinski definition) is 3. The van der Waals surface area contributed by atoms with E-state index in [0.717, 1.165) is 11.1 Å². The molecule has 1 aromatic carbocycles. The fourth-order valence-corrected chi connectivity index (χ4v) is 1.63. The first-order chi connectivity index (χ1) is 7.10. The Hall–Kier alpha value is -0.610. The lowest BCUT2D eigenvalue weighted by Gasteiger charge is -2.18. The SMILES string of the molecule is Cc1cc(CO)ccc1C(O)C(O)CCl.